The SMILES string of the molecule is CN1CCN(C(C)(C)CNC2CCCCC2(C)C)CC1. The lowest BCUT2D eigenvalue weighted by Crippen LogP contribution is -2.59. The quantitative estimate of drug-likeness (QED) is 0.854. The van der Waals surface area contributed by atoms with Crippen molar-refractivity contribution in [2.75, 3.05) is 39.8 Å². The van der Waals surface area contributed by atoms with Crippen molar-refractivity contribution in [2.45, 2.75) is 65.0 Å². The standard InChI is InChI=1S/C17H35N3/c1-16(2)9-7-6-8-15(16)18-14-17(3,4)20-12-10-19(5)11-13-20/h15,18H,6-14H2,1-5H3. The van der Waals surface area contributed by atoms with Gasteiger partial charge in [0.1, 0.15) is 0 Å². The second-order valence-corrected chi connectivity index (χ2v) is 8.27. The van der Waals surface area contributed by atoms with Crippen molar-refractivity contribution in [3.05, 3.63) is 0 Å². The smallest absolute Gasteiger partial charge is 0.0278 e. The van der Waals surface area contributed by atoms with Gasteiger partial charge in [-0.1, -0.05) is 26.7 Å². The number of hydrogen-bond donors (Lipinski definition) is 1. The van der Waals surface area contributed by atoms with Gasteiger partial charge in [-0.15, -0.1) is 0 Å². The molecule has 1 N–H and O–H groups in total. The first-order valence-electron chi connectivity index (χ1n) is 8.48. The highest BCUT2D eigenvalue weighted by molar-refractivity contribution is 4.92. The summed E-state index contributed by atoms with van der Waals surface area (Å²) >= 11 is 0. The van der Waals surface area contributed by atoms with Crippen LogP contribution in [0.4, 0.5) is 0 Å². The molecule has 0 aromatic carbocycles. The first-order valence-corrected chi connectivity index (χ1v) is 8.48. The third-order valence-corrected chi connectivity index (χ3v) is 5.65. The molecule has 3 nitrogen and oxygen atoms in total. The maximum Gasteiger partial charge on any atom is 0.0278 e. The Kier molecular flexibility index (Phi) is 5.14. The van der Waals surface area contributed by atoms with E-state index < -0.39 is 0 Å². The van der Waals surface area contributed by atoms with E-state index in [0.717, 1.165) is 6.54 Å². The third-order valence-electron chi connectivity index (χ3n) is 5.65. The van der Waals surface area contributed by atoms with E-state index in [1.807, 2.05) is 0 Å². The minimum atomic E-state index is 0.273. The summed E-state index contributed by atoms with van der Waals surface area (Å²) in [7, 11) is 2.23. The van der Waals surface area contributed by atoms with Gasteiger partial charge < -0.3 is 10.2 Å². The summed E-state index contributed by atoms with van der Waals surface area (Å²) in [4.78, 5) is 5.10. The second kappa shape index (κ2) is 6.33. The van der Waals surface area contributed by atoms with Gasteiger partial charge in [0, 0.05) is 44.3 Å². The molecule has 0 bridgehead atoms. The highest BCUT2D eigenvalue weighted by atomic mass is 15.3. The number of hydrogen-bond acceptors (Lipinski definition) is 3. The van der Waals surface area contributed by atoms with Crippen LogP contribution in [0, 0.1) is 5.41 Å². The fraction of sp³-hybridized carbons (Fsp3) is 1.00. The predicted molar refractivity (Wildman–Crippen MR) is 87.2 cm³/mol. The van der Waals surface area contributed by atoms with Gasteiger partial charge in [0.25, 0.3) is 0 Å². The van der Waals surface area contributed by atoms with Crippen molar-refractivity contribution in [3.63, 3.8) is 0 Å². The molecule has 1 heterocycles. The van der Waals surface area contributed by atoms with Gasteiger partial charge in [-0.05, 0) is 39.2 Å². The Bertz CT molecular complexity index is 303. The Labute approximate surface area is 126 Å². The molecular formula is C17H35N3. The highest BCUT2D eigenvalue weighted by Crippen LogP contribution is 2.35. The number of likely N-dealkylation sites (N-methyl/N-ethyl adjacent to an activating group) is 1. The van der Waals surface area contributed by atoms with Crippen LogP contribution in [-0.2, 0) is 0 Å². The second-order valence-electron chi connectivity index (χ2n) is 8.27. The van der Waals surface area contributed by atoms with E-state index in [-0.39, 0.29) is 5.54 Å². The summed E-state index contributed by atoms with van der Waals surface area (Å²) in [6.07, 6.45) is 5.54. The zero-order chi connectivity index (χ0) is 14.8. The van der Waals surface area contributed by atoms with Gasteiger partial charge in [0.15, 0.2) is 0 Å². The molecule has 0 amide bonds. The molecule has 2 rings (SSSR count). The molecule has 0 radical (unpaired) electrons. The molecule has 2 fully saturated rings. The maximum atomic E-state index is 3.91. The Morgan fingerprint density at radius 2 is 1.75 bits per heavy atom. The van der Waals surface area contributed by atoms with Crippen molar-refractivity contribution in [1.82, 2.24) is 15.1 Å². The van der Waals surface area contributed by atoms with Crippen molar-refractivity contribution < 1.29 is 0 Å². The topological polar surface area (TPSA) is 18.5 Å². The van der Waals surface area contributed by atoms with E-state index in [1.54, 1.807) is 0 Å². The Balaban J connectivity index is 1.85. The van der Waals surface area contributed by atoms with Crippen LogP contribution in [-0.4, -0.2) is 61.2 Å². The molecule has 0 spiro atoms. The summed E-state index contributed by atoms with van der Waals surface area (Å²) in [6, 6.07) is 0.697. The van der Waals surface area contributed by atoms with Crippen molar-refractivity contribution in [2.24, 2.45) is 5.41 Å². The Hall–Kier alpha value is -0.120. The molecule has 2 aliphatic rings. The summed E-state index contributed by atoms with van der Waals surface area (Å²) in [5, 5.41) is 3.91. The van der Waals surface area contributed by atoms with E-state index in [1.165, 1.54) is 51.9 Å². The van der Waals surface area contributed by atoms with Crippen molar-refractivity contribution in [1.29, 1.82) is 0 Å². The van der Waals surface area contributed by atoms with E-state index in [0.29, 0.717) is 11.5 Å². The molecule has 1 saturated carbocycles. The number of nitrogens with one attached hydrogen (secondary N) is 1. The van der Waals surface area contributed by atoms with Gasteiger partial charge in [0.2, 0.25) is 0 Å². The summed E-state index contributed by atoms with van der Waals surface area (Å²) < 4.78 is 0. The molecule has 1 atom stereocenters. The zero-order valence-corrected chi connectivity index (χ0v) is 14.3. The van der Waals surface area contributed by atoms with Gasteiger partial charge in [0.05, 0.1) is 0 Å². The predicted octanol–water partition coefficient (Wildman–Crippen LogP) is 2.57. The maximum absolute atomic E-state index is 3.91. The van der Waals surface area contributed by atoms with Crippen LogP contribution in [0.15, 0.2) is 0 Å². The Morgan fingerprint density at radius 1 is 1.10 bits per heavy atom. The van der Waals surface area contributed by atoms with Gasteiger partial charge in [-0.2, -0.15) is 0 Å². The lowest BCUT2D eigenvalue weighted by Gasteiger charge is -2.46. The van der Waals surface area contributed by atoms with Gasteiger partial charge in [-0.25, -0.2) is 0 Å². The van der Waals surface area contributed by atoms with Crippen LogP contribution >= 0.6 is 0 Å². The first-order chi connectivity index (χ1) is 9.31. The van der Waals surface area contributed by atoms with Crippen LogP contribution in [0.1, 0.15) is 53.4 Å². The molecule has 3 heteroatoms. The number of rotatable bonds is 4. The minimum absolute atomic E-state index is 0.273. The third kappa shape index (κ3) is 3.96. The zero-order valence-electron chi connectivity index (χ0n) is 14.3. The molecule has 0 aromatic heterocycles. The Morgan fingerprint density at radius 3 is 2.35 bits per heavy atom. The fourth-order valence-electron chi connectivity index (χ4n) is 3.77. The van der Waals surface area contributed by atoms with Crippen LogP contribution in [0.3, 0.4) is 0 Å². The van der Waals surface area contributed by atoms with Crippen LogP contribution in [0.2, 0.25) is 0 Å². The summed E-state index contributed by atoms with van der Waals surface area (Å²) in [5.41, 5.74) is 0.741. The normalized spacial score (nSPS) is 29.6. The lowest BCUT2D eigenvalue weighted by molar-refractivity contribution is 0.0526. The molecule has 0 aromatic rings. The van der Waals surface area contributed by atoms with Crippen molar-refractivity contribution >= 4 is 0 Å². The van der Waals surface area contributed by atoms with Crippen LogP contribution < -0.4 is 5.32 Å². The van der Waals surface area contributed by atoms with E-state index in [4.69, 9.17) is 0 Å². The molecule has 1 aliphatic carbocycles. The minimum Gasteiger partial charge on any atom is -0.312 e. The molecule has 20 heavy (non-hydrogen) atoms. The van der Waals surface area contributed by atoms with Crippen molar-refractivity contribution in [3.8, 4) is 0 Å². The van der Waals surface area contributed by atoms with Gasteiger partial charge in [-0.3, -0.25) is 4.90 Å². The van der Waals surface area contributed by atoms with Crippen LogP contribution in [0.25, 0.3) is 0 Å². The van der Waals surface area contributed by atoms with E-state index in [2.05, 4.69) is 49.9 Å². The summed E-state index contributed by atoms with van der Waals surface area (Å²) in [6.45, 7) is 15.6. The number of piperazine rings is 1. The highest BCUT2D eigenvalue weighted by Gasteiger charge is 2.35. The molecule has 118 valence electrons. The summed E-state index contributed by atoms with van der Waals surface area (Å²) in [5.74, 6) is 0. The van der Waals surface area contributed by atoms with Gasteiger partial charge >= 0.3 is 0 Å². The average molecular weight is 281 g/mol. The molecular weight excluding hydrogens is 246 g/mol. The number of nitrogens with zero attached hydrogens (tertiary/aromatic N) is 2. The van der Waals surface area contributed by atoms with E-state index in [9.17, 15) is 0 Å². The largest absolute Gasteiger partial charge is 0.312 e. The lowest BCUT2D eigenvalue weighted by atomic mass is 9.73. The van der Waals surface area contributed by atoms with Crippen LogP contribution in [0.5, 0.6) is 0 Å². The molecule has 1 saturated heterocycles. The average Bonchev–Trinajstić information content (AvgIpc) is 2.37. The van der Waals surface area contributed by atoms with E-state index >= 15 is 0 Å². The molecule has 1 aliphatic heterocycles. The fourth-order valence-corrected chi connectivity index (χ4v) is 3.77. The molecule has 1 unspecified atom stereocenters. The monoisotopic (exact) mass is 281 g/mol. The first kappa shape index (κ1) is 16.3.